The van der Waals surface area contributed by atoms with Gasteiger partial charge in [0.15, 0.2) is 0 Å². The molecule has 0 saturated heterocycles. The number of likely N-dealkylation sites (N-methyl/N-ethyl adjacent to an activating group) is 2. The standard InChI is InChI=1S/C10H27N4OP/c1-10(2)12-9-16(15,13(4)5)14(6)8-7-11-3/h10-12H,7-9H2,1-6H3. The van der Waals surface area contributed by atoms with Crippen LogP contribution in [0.5, 0.6) is 0 Å². The van der Waals surface area contributed by atoms with Gasteiger partial charge in [0.05, 0.1) is 6.29 Å². The molecule has 0 bridgehead atoms. The lowest BCUT2D eigenvalue weighted by molar-refractivity contribution is 0.404. The summed E-state index contributed by atoms with van der Waals surface area (Å²) in [5.74, 6) is 0. The van der Waals surface area contributed by atoms with E-state index in [4.69, 9.17) is 0 Å². The Kier molecular flexibility index (Phi) is 7.44. The van der Waals surface area contributed by atoms with Gasteiger partial charge >= 0.3 is 0 Å². The molecule has 1 unspecified atom stereocenters. The van der Waals surface area contributed by atoms with Gasteiger partial charge in [0.1, 0.15) is 0 Å². The molecule has 0 aliphatic carbocycles. The molecule has 2 N–H and O–H groups in total. The van der Waals surface area contributed by atoms with Crippen LogP contribution >= 0.6 is 7.44 Å². The summed E-state index contributed by atoms with van der Waals surface area (Å²) in [5, 5.41) is 6.33. The molecule has 1 atom stereocenters. The zero-order chi connectivity index (χ0) is 12.8. The summed E-state index contributed by atoms with van der Waals surface area (Å²) in [6, 6.07) is 0.353. The normalized spacial score (nSPS) is 16.1. The van der Waals surface area contributed by atoms with Crippen LogP contribution in [0.25, 0.3) is 0 Å². The largest absolute Gasteiger partial charge is 0.318 e. The molecule has 98 valence electrons. The number of nitrogens with one attached hydrogen (secondary N) is 2. The van der Waals surface area contributed by atoms with Crippen molar-refractivity contribution in [2.45, 2.75) is 19.9 Å². The van der Waals surface area contributed by atoms with Crippen LogP contribution in [0.15, 0.2) is 0 Å². The quantitative estimate of drug-likeness (QED) is 0.625. The van der Waals surface area contributed by atoms with Gasteiger partial charge in [0.25, 0.3) is 0 Å². The van der Waals surface area contributed by atoms with Crippen molar-refractivity contribution in [1.82, 2.24) is 20.0 Å². The highest BCUT2D eigenvalue weighted by Crippen LogP contribution is 2.48. The van der Waals surface area contributed by atoms with Crippen molar-refractivity contribution in [3.63, 3.8) is 0 Å². The molecule has 0 amide bonds. The number of hydrogen-bond acceptors (Lipinski definition) is 3. The predicted octanol–water partition coefficient (Wildman–Crippen LogP) is 0.848. The molecule has 16 heavy (non-hydrogen) atoms. The summed E-state index contributed by atoms with van der Waals surface area (Å²) in [7, 11) is 5.12. The van der Waals surface area contributed by atoms with E-state index in [1.807, 2.05) is 37.5 Å². The lowest BCUT2D eigenvalue weighted by Crippen LogP contribution is -2.36. The third-order valence-electron chi connectivity index (χ3n) is 2.55. The summed E-state index contributed by atoms with van der Waals surface area (Å²) < 4.78 is 16.6. The highest BCUT2D eigenvalue weighted by Gasteiger charge is 2.29. The first-order valence-electron chi connectivity index (χ1n) is 5.71. The van der Waals surface area contributed by atoms with Crippen LogP contribution in [-0.4, -0.2) is 62.9 Å². The second-order valence-electron chi connectivity index (χ2n) is 4.51. The Hall–Kier alpha value is 0.0700. The van der Waals surface area contributed by atoms with Crippen LogP contribution in [0.3, 0.4) is 0 Å². The smallest absolute Gasteiger partial charge is 0.229 e. The van der Waals surface area contributed by atoms with Gasteiger partial charge in [-0.1, -0.05) is 13.8 Å². The molecule has 0 aliphatic rings. The fourth-order valence-electron chi connectivity index (χ4n) is 1.30. The number of hydrogen-bond donors (Lipinski definition) is 2. The number of rotatable bonds is 8. The van der Waals surface area contributed by atoms with Crippen LogP contribution in [0, 0.1) is 0 Å². The van der Waals surface area contributed by atoms with Crippen LogP contribution in [0.1, 0.15) is 13.8 Å². The molecule has 5 nitrogen and oxygen atoms in total. The first kappa shape index (κ1) is 16.1. The van der Waals surface area contributed by atoms with Crippen molar-refractivity contribution in [3.8, 4) is 0 Å². The predicted molar refractivity (Wildman–Crippen MR) is 71.0 cm³/mol. The van der Waals surface area contributed by atoms with E-state index in [2.05, 4.69) is 24.5 Å². The monoisotopic (exact) mass is 250 g/mol. The van der Waals surface area contributed by atoms with Crippen LogP contribution in [0.4, 0.5) is 0 Å². The van der Waals surface area contributed by atoms with Crippen molar-refractivity contribution < 1.29 is 4.57 Å². The Balaban J connectivity index is 4.49. The van der Waals surface area contributed by atoms with Crippen molar-refractivity contribution in [1.29, 1.82) is 0 Å². The molecule has 0 spiro atoms. The fraction of sp³-hybridized carbons (Fsp3) is 1.00. The molecular formula is C10H27N4OP. The molecule has 0 fully saturated rings. The molecule has 0 saturated carbocycles. The Labute approximate surface area is 100 Å². The summed E-state index contributed by atoms with van der Waals surface area (Å²) >= 11 is 0. The van der Waals surface area contributed by atoms with E-state index >= 15 is 0 Å². The van der Waals surface area contributed by atoms with Gasteiger partial charge in [-0.15, -0.1) is 0 Å². The van der Waals surface area contributed by atoms with Crippen molar-refractivity contribution in [2.75, 3.05) is 47.6 Å². The summed E-state index contributed by atoms with van der Waals surface area (Å²) in [6.45, 7) is 5.75. The molecule has 0 aromatic carbocycles. The number of nitrogens with zero attached hydrogens (tertiary/aromatic N) is 2. The van der Waals surface area contributed by atoms with Crippen LogP contribution in [0.2, 0.25) is 0 Å². The van der Waals surface area contributed by atoms with Crippen LogP contribution < -0.4 is 10.6 Å². The Morgan fingerprint density at radius 1 is 1.25 bits per heavy atom. The highest BCUT2D eigenvalue weighted by molar-refractivity contribution is 7.58. The van der Waals surface area contributed by atoms with Gasteiger partial charge in [-0.3, -0.25) is 4.57 Å². The van der Waals surface area contributed by atoms with Crippen molar-refractivity contribution in [3.05, 3.63) is 0 Å². The average Bonchev–Trinajstić information content (AvgIpc) is 2.21. The van der Waals surface area contributed by atoms with Gasteiger partial charge in [-0.2, -0.15) is 0 Å². The summed E-state index contributed by atoms with van der Waals surface area (Å²) in [6.07, 6.45) is 0.526. The van der Waals surface area contributed by atoms with Crippen molar-refractivity contribution in [2.24, 2.45) is 0 Å². The topological polar surface area (TPSA) is 47.6 Å². The minimum Gasteiger partial charge on any atom is -0.318 e. The fourth-order valence-corrected chi connectivity index (χ4v) is 3.45. The third-order valence-corrected chi connectivity index (χ3v) is 5.66. The average molecular weight is 250 g/mol. The van der Waals surface area contributed by atoms with E-state index in [0.717, 1.165) is 13.1 Å². The van der Waals surface area contributed by atoms with E-state index in [1.165, 1.54) is 0 Å². The lowest BCUT2D eigenvalue weighted by Gasteiger charge is -2.33. The molecular weight excluding hydrogens is 223 g/mol. The van der Waals surface area contributed by atoms with E-state index < -0.39 is 7.44 Å². The van der Waals surface area contributed by atoms with E-state index in [-0.39, 0.29) is 0 Å². The van der Waals surface area contributed by atoms with E-state index in [1.54, 1.807) is 0 Å². The minimum absolute atomic E-state index is 0.353. The lowest BCUT2D eigenvalue weighted by atomic mass is 10.4. The van der Waals surface area contributed by atoms with Crippen LogP contribution in [-0.2, 0) is 4.57 Å². The Bertz CT molecular complexity index is 233. The third kappa shape index (κ3) is 4.93. The molecule has 0 aromatic rings. The molecule has 0 radical (unpaired) electrons. The van der Waals surface area contributed by atoms with Gasteiger partial charge < -0.3 is 10.6 Å². The van der Waals surface area contributed by atoms with Gasteiger partial charge in [-0.05, 0) is 28.2 Å². The zero-order valence-electron chi connectivity index (χ0n) is 11.4. The van der Waals surface area contributed by atoms with E-state index in [9.17, 15) is 4.57 Å². The molecule has 0 aromatic heterocycles. The first-order valence-corrected chi connectivity index (χ1v) is 7.50. The van der Waals surface area contributed by atoms with Gasteiger partial charge in [-0.25, -0.2) is 9.34 Å². The van der Waals surface area contributed by atoms with Gasteiger partial charge in [0, 0.05) is 19.1 Å². The first-order chi connectivity index (χ1) is 7.34. The second kappa shape index (κ2) is 7.41. The van der Waals surface area contributed by atoms with Gasteiger partial charge in [0.2, 0.25) is 7.44 Å². The summed E-state index contributed by atoms with van der Waals surface area (Å²) in [5.41, 5.74) is 0. The molecule has 0 aliphatic heterocycles. The Morgan fingerprint density at radius 3 is 2.19 bits per heavy atom. The summed E-state index contributed by atoms with van der Waals surface area (Å²) in [4.78, 5) is 0. The SMILES string of the molecule is CNCCN(C)P(=O)(CNC(C)C)N(C)C. The molecule has 0 heterocycles. The molecule has 6 heteroatoms. The zero-order valence-corrected chi connectivity index (χ0v) is 12.3. The maximum absolute atomic E-state index is 12.8. The van der Waals surface area contributed by atoms with E-state index in [0.29, 0.717) is 12.3 Å². The minimum atomic E-state index is -2.45. The maximum Gasteiger partial charge on any atom is 0.229 e. The Morgan fingerprint density at radius 2 is 1.81 bits per heavy atom. The molecule has 0 rings (SSSR count). The second-order valence-corrected chi connectivity index (χ2v) is 7.64. The highest BCUT2D eigenvalue weighted by atomic mass is 31.2. The maximum atomic E-state index is 12.8. The van der Waals surface area contributed by atoms with Crippen molar-refractivity contribution >= 4 is 7.44 Å².